The number of halogens is 1. The highest BCUT2D eigenvalue weighted by atomic mass is 35.5. The lowest BCUT2D eigenvalue weighted by atomic mass is 9.96. The van der Waals surface area contributed by atoms with Crippen LogP contribution in [0.5, 0.6) is 0 Å². The standard InChI is InChI=1S/C16H10ClNO2/c17-12-8-6-11(7-9-12)14-13(15(19)18-16(14)20)10-4-2-1-3-5-10/h1-9H,(H,18,19,20). The zero-order valence-electron chi connectivity index (χ0n) is 10.4. The van der Waals surface area contributed by atoms with Gasteiger partial charge >= 0.3 is 0 Å². The van der Waals surface area contributed by atoms with Gasteiger partial charge in [0.2, 0.25) is 0 Å². The lowest BCUT2D eigenvalue weighted by molar-refractivity contribution is -0.122. The van der Waals surface area contributed by atoms with Crippen LogP contribution in [0.1, 0.15) is 11.1 Å². The summed E-state index contributed by atoms with van der Waals surface area (Å²) in [6.45, 7) is 0. The van der Waals surface area contributed by atoms with Crippen molar-refractivity contribution in [3.63, 3.8) is 0 Å². The Morgan fingerprint density at radius 3 is 1.75 bits per heavy atom. The van der Waals surface area contributed by atoms with Crippen molar-refractivity contribution in [1.82, 2.24) is 5.32 Å². The van der Waals surface area contributed by atoms with Crippen molar-refractivity contribution in [2.75, 3.05) is 0 Å². The summed E-state index contributed by atoms with van der Waals surface area (Å²) in [5, 5.41) is 2.93. The van der Waals surface area contributed by atoms with E-state index in [1.54, 1.807) is 24.3 Å². The molecule has 1 aliphatic rings. The average molecular weight is 284 g/mol. The first-order valence-electron chi connectivity index (χ1n) is 6.08. The Morgan fingerprint density at radius 1 is 0.700 bits per heavy atom. The third-order valence-electron chi connectivity index (χ3n) is 3.13. The molecule has 0 unspecified atom stereocenters. The van der Waals surface area contributed by atoms with Crippen LogP contribution in [0.25, 0.3) is 11.1 Å². The van der Waals surface area contributed by atoms with Crippen LogP contribution >= 0.6 is 11.6 Å². The molecule has 0 fully saturated rings. The van der Waals surface area contributed by atoms with Crippen molar-refractivity contribution in [1.29, 1.82) is 0 Å². The summed E-state index contributed by atoms with van der Waals surface area (Å²) in [6, 6.07) is 16.0. The summed E-state index contributed by atoms with van der Waals surface area (Å²) in [6.07, 6.45) is 0. The fraction of sp³-hybridized carbons (Fsp3) is 0. The number of amides is 2. The number of carbonyl (C=O) groups excluding carboxylic acids is 2. The Kier molecular flexibility index (Phi) is 3.12. The fourth-order valence-corrected chi connectivity index (χ4v) is 2.35. The van der Waals surface area contributed by atoms with Crippen LogP contribution in [-0.2, 0) is 9.59 Å². The molecule has 20 heavy (non-hydrogen) atoms. The number of rotatable bonds is 2. The van der Waals surface area contributed by atoms with E-state index >= 15 is 0 Å². The highest BCUT2D eigenvalue weighted by Gasteiger charge is 2.31. The van der Waals surface area contributed by atoms with E-state index in [4.69, 9.17) is 11.6 Å². The summed E-state index contributed by atoms with van der Waals surface area (Å²) in [5.41, 5.74) is 2.19. The molecule has 4 heteroatoms. The van der Waals surface area contributed by atoms with E-state index in [1.807, 2.05) is 30.3 Å². The second-order valence-corrected chi connectivity index (χ2v) is 4.84. The number of carbonyl (C=O) groups is 2. The Morgan fingerprint density at radius 2 is 1.20 bits per heavy atom. The molecule has 1 aliphatic heterocycles. The predicted octanol–water partition coefficient (Wildman–Crippen LogP) is 2.91. The van der Waals surface area contributed by atoms with Gasteiger partial charge in [-0.15, -0.1) is 0 Å². The maximum absolute atomic E-state index is 12.0. The van der Waals surface area contributed by atoms with Crippen LogP contribution in [0, 0.1) is 0 Å². The van der Waals surface area contributed by atoms with E-state index in [1.165, 1.54) is 0 Å². The average Bonchev–Trinajstić information content (AvgIpc) is 2.75. The second kappa shape index (κ2) is 4.94. The molecular formula is C16H10ClNO2. The Hall–Kier alpha value is -2.39. The molecular weight excluding hydrogens is 274 g/mol. The van der Waals surface area contributed by atoms with Crippen LogP contribution < -0.4 is 5.32 Å². The molecule has 3 nitrogen and oxygen atoms in total. The SMILES string of the molecule is O=C1NC(=O)C(c2ccc(Cl)cc2)=C1c1ccccc1. The van der Waals surface area contributed by atoms with E-state index in [0.717, 1.165) is 5.56 Å². The molecule has 0 spiro atoms. The minimum absolute atomic E-state index is 0.369. The van der Waals surface area contributed by atoms with Gasteiger partial charge in [-0.2, -0.15) is 0 Å². The lowest BCUT2D eigenvalue weighted by Crippen LogP contribution is -2.22. The molecule has 98 valence electrons. The van der Waals surface area contributed by atoms with Crippen molar-refractivity contribution in [2.24, 2.45) is 0 Å². The zero-order chi connectivity index (χ0) is 14.1. The van der Waals surface area contributed by atoms with Crippen LogP contribution in [0.4, 0.5) is 0 Å². The molecule has 0 radical (unpaired) electrons. The number of benzene rings is 2. The Labute approximate surface area is 120 Å². The van der Waals surface area contributed by atoms with Gasteiger partial charge in [0, 0.05) is 5.02 Å². The monoisotopic (exact) mass is 283 g/mol. The van der Waals surface area contributed by atoms with Crippen molar-refractivity contribution >= 4 is 34.6 Å². The molecule has 2 aromatic carbocycles. The third-order valence-corrected chi connectivity index (χ3v) is 3.38. The van der Waals surface area contributed by atoms with Crippen molar-refractivity contribution < 1.29 is 9.59 Å². The first-order valence-corrected chi connectivity index (χ1v) is 6.46. The molecule has 3 rings (SSSR count). The van der Waals surface area contributed by atoms with Gasteiger partial charge in [-0.05, 0) is 23.3 Å². The molecule has 1 N–H and O–H groups in total. The molecule has 0 aliphatic carbocycles. The van der Waals surface area contributed by atoms with E-state index in [0.29, 0.717) is 21.7 Å². The first kappa shape index (κ1) is 12.6. The van der Waals surface area contributed by atoms with Crippen molar-refractivity contribution in [2.45, 2.75) is 0 Å². The maximum Gasteiger partial charge on any atom is 0.259 e. The summed E-state index contributed by atoms with van der Waals surface area (Å²) < 4.78 is 0. The van der Waals surface area contributed by atoms with E-state index in [2.05, 4.69) is 5.32 Å². The van der Waals surface area contributed by atoms with E-state index in [-0.39, 0.29) is 11.8 Å². The normalized spacial score (nSPS) is 14.7. The number of hydrogen-bond acceptors (Lipinski definition) is 2. The van der Waals surface area contributed by atoms with E-state index in [9.17, 15) is 9.59 Å². The Balaban J connectivity index is 2.21. The molecule has 0 bridgehead atoms. The number of nitrogens with one attached hydrogen (secondary N) is 1. The lowest BCUT2D eigenvalue weighted by Gasteiger charge is -2.04. The fourth-order valence-electron chi connectivity index (χ4n) is 2.23. The van der Waals surface area contributed by atoms with Crippen LogP contribution in [0.2, 0.25) is 5.02 Å². The van der Waals surface area contributed by atoms with Crippen molar-refractivity contribution in [3.05, 3.63) is 70.7 Å². The minimum atomic E-state index is -0.379. The van der Waals surface area contributed by atoms with Gasteiger partial charge in [-0.1, -0.05) is 54.1 Å². The third kappa shape index (κ3) is 2.12. The summed E-state index contributed by atoms with van der Waals surface area (Å²) >= 11 is 5.85. The van der Waals surface area contributed by atoms with Crippen molar-refractivity contribution in [3.8, 4) is 0 Å². The Bertz CT molecular complexity index is 718. The van der Waals surface area contributed by atoms with Crippen LogP contribution in [0.3, 0.4) is 0 Å². The van der Waals surface area contributed by atoms with Gasteiger partial charge in [-0.25, -0.2) is 0 Å². The van der Waals surface area contributed by atoms with Gasteiger partial charge in [0.05, 0.1) is 11.1 Å². The highest BCUT2D eigenvalue weighted by Crippen LogP contribution is 2.31. The summed E-state index contributed by atoms with van der Waals surface area (Å²) in [5.74, 6) is -0.748. The van der Waals surface area contributed by atoms with E-state index < -0.39 is 0 Å². The minimum Gasteiger partial charge on any atom is -0.288 e. The van der Waals surface area contributed by atoms with Gasteiger partial charge < -0.3 is 0 Å². The van der Waals surface area contributed by atoms with Gasteiger partial charge in [0.1, 0.15) is 0 Å². The van der Waals surface area contributed by atoms with Gasteiger partial charge in [0.25, 0.3) is 11.8 Å². The zero-order valence-corrected chi connectivity index (χ0v) is 11.1. The molecule has 0 atom stereocenters. The van der Waals surface area contributed by atoms with Gasteiger partial charge in [0.15, 0.2) is 0 Å². The second-order valence-electron chi connectivity index (χ2n) is 4.41. The smallest absolute Gasteiger partial charge is 0.259 e. The van der Waals surface area contributed by atoms with Crippen LogP contribution in [0.15, 0.2) is 54.6 Å². The highest BCUT2D eigenvalue weighted by molar-refractivity contribution is 6.49. The molecule has 1 heterocycles. The summed E-state index contributed by atoms with van der Waals surface area (Å²) in [7, 11) is 0. The predicted molar refractivity (Wildman–Crippen MR) is 77.9 cm³/mol. The molecule has 0 aromatic heterocycles. The number of imide groups is 1. The molecule has 0 saturated heterocycles. The molecule has 2 amide bonds. The van der Waals surface area contributed by atoms with Gasteiger partial charge in [-0.3, -0.25) is 14.9 Å². The maximum atomic E-state index is 12.0. The first-order chi connectivity index (χ1) is 9.66. The molecule has 0 saturated carbocycles. The summed E-state index contributed by atoms with van der Waals surface area (Å²) in [4.78, 5) is 24.1. The molecule has 2 aromatic rings. The number of hydrogen-bond donors (Lipinski definition) is 1. The topological polar surface area (TPSA) is 46.2 Å². The van der Waals surface area contributed by atoms with Crippen LogP contribution in [-0.4, -0.2) is 11.8 Å². The largest absolute Gasteiger partial charge is 0.288 e. The quantitative estimate of drug-likeness (QED) is 0.862.